The van der Waals surface area contributed by atoms with Gasteiger partial charge in [-0.1, -0.05) is 32.1 Å². The van der Waals surface area contributed by atoms with Gasteiger partial charge in [0.2, 0.25) is 5.91 Å². The van der Waals surface area contributed by atoms with Crippen LogP contribution in [0.5, 0.6) is 0 Å². The number of nitrogens with zero attached hydrogens (tertiary/aromatic N) is 3. The van der Waals surface area contributed by atoms with Gasteiger partial charge in [0.05, 0.1) is 6.61 Å². The number of carbonyl (C=O) groups is 2. The Morgan fingerprint density at radius 2 is 1.70 bits per heavy atom. The second kappa shape index (κ2) is 10.3. The van der Waals surface area contributed by atoms with Gasteiger partial charge in [-0.3, -0.25) is 4.79 Å². The Morgan fingerprint density at radius 3 is 2.30 bits per heavy atom. The summed E-state index contributed by atoms with van der Waals surface area (Å²) >= 11 is 0. The molecule has 1 heterocycles. The minimum atomic E-state index is -0.953. The van der Waals surface area contributed by atoms with Crippen molar-refractivity contribution in [1.82, 2.24) is 20.0 Å². The lowest BCUT2D eigenvalue weighted by molar-refractivity contribution is -0.138. The van der Waals surface area contributed by atoms with Crippen molar-refractivity contribution in [2.24, 2.45) is 5.92 Å². The number of urea groups is 1. The van der Waals surface area contributed by atoms with E-state index in [1.807, 2.05) is 11.9 Å². The molecule has 2 aliphatic rings. The summed E-state index contributed by atoms with van der Waals surface area (Å²) in [7, 11) is 2.05. The zero-order valence-electron chi connectivity index (χ0n) is 17.4. The molecule has 2 rings (SSSR count). The number of amides is 3. The van der Waals surface area contributed by atoms with Crippen LogP contribution in [-0.2, 0) is 4.79 Å². The molecular weight excluding hydrogens is 344 g/mol. The fraction of sp³-hybridized carbons (Fsp3) is 0.900. The Labute approximate surface area is 164 Å². The van der Waals surface area contributed by atoms with Crippen LogP contribution >= 0.6 is 0 Å². The van der Waals surface area contributed by atoms with E-state index in [0.717, 1.165) is 19.5 Å². The van der Waals surface area contributed by atoms with Crippen molar-refractivity contribution in [2.45, 2.75) is 57.9 Å². The molecule has 156 valence electrons. The molecule has 0 aromatic heterocycles. The van der Waals surface area contributed by atoms with E-state index in [0.29, 0.717) is 32.1 Å². The molecule has 2 fully saturated rings. The summed E-state index contributed by atoms with van der Waals surface area (Å²) in [6.07, 6.45) is 7.33. The third kappa shape index (κ3) is 6.64. The maximum atomic E-state index is 12.9. The number of aliphatic hydroxyl groups excluding tert-OH is 1. The third-order valence-corrected chi connectivity index (χ3v) is 5.93. The summed E-state index contributed by atoms with van der Waals surface area (Å²) < 4.78 is 0. The first kappa shape index (κ1) is 22.0. The van der Waals surface area contributed by atoms with Crippen molar-refractivity contribution in [3.05, 3.63) is 0 Å². The summed E-state index contributed by atoms with van der Waals surface area (Å²) in [4.78, 5) is 31.3. The first-order valence-electron chi connectivity index (χ1n) is 10.5. The molecule has 7 heteroatoms. The quantitative estimate of drug-likeness (QED) is 0.700. The molecule has 1 saturated carbocycles. The van der Waals surface area contributed by atoms with Crippen LogP contribution in [0.2, 0.25) is 0 Å². The normalized spacial score (nSPS) is 19.8. The predicted molar refractivity (Wildman–Crippen MR) is 107 cm³/mol. The molecule has 7 nitrogen and oxygen atoms in total. The Balaban J connectivity index is 1.88. The lowest BCUT2D eigenvalue weighted by atomic mass is 9.87. The van der Waals surface area contributed by atoms with E-state index < -0.39 is 5.54 Å². The van der Waals surface area contributed by atoms with Gasteiger partial charge < -0.3 is 25.1 Å². The van der Waals surface area contributed by atoms with Crippen LogP contribution in [0, 0.1) is 5.92 Å². The summed E-state index contributed by atoms with van der Waals surface area (Å²) in [6.45, 7) is 7.50. The van der Waals surface area contributed by atoms with Crippen molar-refractivity contribution >= 4 is 11.9 Å². The van der Waals surface area contributed by atoms with E-state index >= 15 is 0 Å². The minimum Gasteiger partial charge on any atom is -0.395 e. The molecular formula is C20H38N4O3. The van der Waals surface area contributed by atoms with Gasteiger partial charge in [-0.2, -0.15) is 0 Å². The maximum Gasteiger partial charge on any atom is 0.318 e. The van der Waals surface area contributed by atoms with Crippen molar-refractivity contribution in [1.29, 1.82) is 0 Å². The number of hydrogen-bond acceptors (Lipinski definition) is 4. The number of nitrogens with one attached hydrogen (secondary N) is 1. The molecule has 1 aliphatic heterocycles. The number of piperazine rings is 1. The molecule has 0 bridgehead atoms. The van der Waals surface area contributed by atoms with Crippen LogP contribution in [0.4, 0.5) is 4.79 Å². The van der Waals surface area contributed by atoms with E-state index in [4.69, 9.17) is 0 Å². The molecule has 27 heavy (non-hydrogen) atoms. The van der Waals surface area contributed by atoms with Gasteiger partial charge in [-0.15, -0.1) is 0 Å². The number of likely N-dealkylation sites (N-methyl/N-ethyl adjacent to an activating group) is 1. The Kier molecular flexibility index (Phi) is 8.35. The molecule has 1 aliphatic carbocycles. The number of aliphatic hydroxyl groups is 1. The molecule has 2 N–H and O–H groups in total. The maximum absolute atomic E-state index is 12.9. The zero-order chi connectivity index (χ0) is 19.9. The number of hydrogen-bond donors (Lipinski definition) is 2. The highest BCUT2D eigenvalue weighted by Gasteiger charge is 2.35. The average Bonchev–Trinajstić information content (AvgIpc) is 2.65. The van der Waals surface area contributed by atoms with Gasteiger partial charge in [0.15, 0.2) is 0 Å². The lowest BCUT2D eigenvalue weighted by Gasteiger charge is -2.38. The fourth-order valence-corrected chi connectivity index (χ4v) is 4.05. The standard InChI is InChI=1S/C20H38N4O3/c1-20(2,18(26)23-13-11-22(3)12-14-23)21-19(27)24(15-16-25)10-9-17-7-5-4-6-8-17/h17,25H,4-16H2,1-3H3,(H,21,27). The summed E-state index contributed by atoms with van der Waals surface area (Å²) in [5.74, 6) is 0.632. The summed E-state index contributed by atoms with van der Waals surface area (Å²) in [5, 5.41) is 12.3. The van der Waals surface area contributed by atoms with E-state index in [1.165, 1.54) is 32.1 Å². The number of rotatable bonds is 7. The van der Waals surface area contributed by atoms with Gasteiger partial charge in [0.1, 0.15) is 5.54 Å². The van der Waals surface area contributed by atoms with Crippen LogP contribution in [-0.4, -0.2) is 90.2 Å². The van der Waals surface area contributed by atoms with Crippen LogP contribution < -0.4 is 5.32 Å². The minimum absolute atomic E-state index is 0.0415. The molecule has 1 saturated heterocycles. The van der Waals surface area contributed by atoms with Crippen molar-refractivity contribution in [3.8, 4) is 0 Å². The monoisotopic (exact) mass is 382 g/mol. The van der Waals surface area contributed by atoms with Crippen LogP contribution in [0.3, 0.4) is 0 Å². The van der Waals surface area contributed by atoms with Gasteiger partial charge in [0, 0.05) is 39.3 Å². The van der Waals surface area contributed by atoms with Gasteiger partial charge >= 0.3 is 6.03 Å². The Morgan fingerprint density at radius 1 is 1.07 bits per heavy atom. The second-order valence-electron chi connectivity index (χ2n) is 8.65. The van der Waals surface area contributed by atoms with Crippen molar-refractivity contribution < 1.29 is 14.7 Å². The first-order valence-corrected chi connectivity index (χ1v) is 10.5. The molecule has 0 radical (unpaired) electrons. The van der Waals surface area contributed by atoms with Crippen LogP contribution in [0.1, 0.15) is 52.4 Å². The summed E-state index contributed by atoms with van der Waals surface area (Å²) in [5.41, 5.74) is -0.953. The fourth-order valence-electron chi connectivity index (χ4n) is 4.05. The van der Waals surface area contributed by atoms with E-state index in [1.54, 1.807) is 18.7 Å². The van der Waals surface area contributed by atoms with E-state index in [2.05, 4.69) is 10.2 Å². The van der Waals surface area contributed by atoms with Gasteiger partial charge in [-0.25, -0.2) is 4.79 Å². The average molecular weight is 383 g/mol. The van der Waals surface area contributed by atoms with E-state index in [-0.39, 0.29) is 18.5 Å². The molecule has 3 amide bonds. The molecule has 0 aromatic rings. The third-order valence-electron chi connectivity index (χ3n) is 5.93. The highest BCUT2D eigenvalue weighted by molar-refractivity contribution is 5.90. The van der Waals surface area contributed by atoms with Crippen molar-refractivity contribution in [2.75, 3.05) is 52.9 Å². The molecule has 0 aromatic carbocycles. The molecule has 0 spiro atoms. The van der Waals surface area contributed by atoms with Gasteiger partial charge in [0.25, 0.3) is 0 Å². The smallest absolute Gasteiger partial charge is 0.318 e. The SMILES string of the molecule is CN1CCN(C(=O)C(C)(C)NC(=O)N(CCO)CCC2CCCCC2)CC1. The first-order chi connectivity index (χ1) is 12.8. The topological polar surface area (TPSA) is 76.1 Å². The summed E-state index contributed by atoms with van der Waals surface area (Å²) in [6, 6.07) is -0.257. The Bertz CT molecular complexity index is 484. The second-order valence-corrected chi connectivity index (χ2v) is 8.65. The molecule has 0 unspecified atom stereocenters. The number of carbonyl (C=O) groups excluding carboxylic acids is 2. The Hall–Kier alpha value is -1.34. The molecule has 0 atom stereocenters. The van der Waals surface area contributed by atoms with E-state index in [9.17, 15) is 14.7 Å². The highest BCUT2D eigenvalue weighted by atomic mass is 16.3. The largest absolute Gasteiger partial charge is 0.395 e. The highest BCUT2D eigenvalue weighted by Crippen LogP contribution is 2.26. The predicted octanol–water partition coefficient (Wildman–Crippen LogP) is 1.51. The van der Waals surface area contributed by atoms with Crippen LogP contribution in [0.25, 0.3) is 0 Å². The van der Waals surface area contributed by atoms with Crippen molar-refractivity contribution in [3.63, 3.8) is 0 Å². The zero-order valence-corrected chi connectivity index (χ0v) is 17.4. The lowest BCUT2D eigenvalue weighted by Crippen LogP contribution is -2.61. The van der Waals surface area contributed by atoms with Gasteiger partial charge in [-0.05, 0) is 33.2 Å². The van der Waals surface area contributed by atoms with Crippen LogP contribution in [0.15, 0.2) is 0 Å².